The minimum absolute atomic E-state index is 0.00783. The van der Waals surface area contributed by atoms with Gasteiger partial charge in [0.1, 0.15) is 11.0 Å². The Morgan fingerprint density at radius 2 is 1.66 bits per heavy atom. The van der Waals surface area contributed by atoms with Crippen LogP contribution in [0.15, 0.2) is 12.1 Å². The molecule has 2 atom stereocenters. The highest BCUT2D eigenvalue weighted by molar-refractivity contribution is 6.29. The van der Waals surface area contributed by atoms with Crippen LogP contribution in [0.4, 0.5) is 19.0 Å². The van der Waals surface area contributed by atoms with Gasteiger partial charge in [0.2, 0.25) is 0 Å². The summed E-state index contributed by atoms with van der Waals surface area (Å²) >= 11 is 6.14. The van der Waals surface area contributed by atoms with Crippen molar-refractivity contribution >= 4 is 29.2 Å². The molecule has 3 saturated heterocycles. The Bertz CT molecular complexity index is 813. The highest BCUT2D eigenvalue weighted by Crippen LogP contribution is 2.34. The lowest BCUT2D eigenvalue weighted by Gasteiger charge is -2.34. The van der Waals surface area contributed by atoms with Crippen LogP contribution in [-0.4, -0.2) is 72.0 Å². The summed E-state index contributed by atoms with van der Waals surface area (Å²) < 4.78 is 38.2. The number of hydrogen-bond acceptors (Lipinski definition) is 4. The van der Waals surface area contributed by atoms with Crippen molar-refractivity contribution < 1.29 is 22.8 Å². The number of alkyl halides is 3. The molecule has 4 rings (SSSR count). The number of halogens is 4. The molecule has 2 amide bonds. The lowest BCUT2D eigenvalue weighted by Crippen LogP contribution is -2.43. The second-order valence-electron chi connectivity index (χ2n) is 8.00. The standard InChI is InChI=1S/C19H22ClF3N4O2/c20-15-7-13(8-16(24-15)25-4-1-2-5-25)17(28)26-6-3-12-9-27(11-14(12)10-26)18(29)19(21,22)23/h7-8,12,14H,1-6,9-11H2. The van der Waals surface area contributed by atoms with Crippen molar-refractivity contribution in [3.05, 3.63) is 22.8 Å². The molecule has 1 aromatic rings. The molecule has 0 aromatic carbocycles. The SMILES string of the molecule is O=C(c1cc(Cl)nc(N2CCCC2)c1)N1CCC2CN(C(=O)C(F)(F)F)CC2C1. The summed E-state index contributed by atoms with van der Waals surface area (Å²) in [6, 6.07) is 3.27. The molecule has 0 N–H and O–H groups in total. The van der Waals surface area contributed by atoms with E-state index in [-0.39, 0.29) is 36.0 Å². The first kappa shape index (κ1) is 20.3. The van der Waals surface area contributed by atoms with Crippen molar-refractivity contribution in [2.75, 3.05) is 44.2 Å². The fourth-order valence-electron chi connectivity index (χ4n) is 4.60. The quantitative estimate of drug-likeness (QED) is 0.677. The van der Waals surface area contributed by atoms with Gasteiger partial charge in [0.15, 0.2) is 0 Å². The lowest BCUT2D eigenvalue weighted by molar-refractivity contribution is -0.184. The van der Waals surface area contributed by atoms with E-state index in [1.165, 1.54) is 6.07 Å². The normalized spacial score (nSPS) is 24.8. The number of anilines is 1. The Labute approximate surface area is 171 Å². The van der Waals surface area contributed by atoms with Crippen LogP contribution in [0.25, 0.3) is 0 Å². The molecule has 1 aromatic heterocycles. The molecule has 6 nitrogen and oxygen atoms in total. The van der Waals surface area contributed by atoms with Crippen LogP contribution in [0.1, 0.15) is 29.6 Å². The van der Waals surface area contributed by atoms with Gasteiger partial charge in [-0.2, -0.15) is 13.2 Å². The number of fused-ring (bicyclic) bond motifs is 1. The molecule has 158 valence electrons. The molecule has 3 fully saturated rings. The Hall–Kier alpha value is -2.03. The molecule has 29 heavy (non-hydrogen) atoms. The monoisotopic (exact) mass is 430 g/mol. The zero-order valence-electron chi connectivity index (χ0n) is 15.8. The third-order valence-electron chi connectivity index (χ3n) is 6.08. The van der Waals surface area contributed by atoms with Crippen molar-refractivity contribution in [3.63, 3.8) is 0 Å². The number of nitrogens with zero attached hydrogens (tertiary/aromatic N) is 4. The van der Waals surface area contributed by atoms with Crippen molar-refractivity contribution in [2.45, 2.75) is 25.4 Å². The van der Waals surface area contributed by atoms with E-state index in [4.69, 9.17) is 11.6 Å². The maximum absolute atomic E-state index is 13.0. The summed E-state index contributed by atoms with van der Waals surface area (Å²) in [6.07, 6.45) is -2.14. The summed E-state index contributed by atoms with van der Waals surface area (Å²) in [7, 11) is 0. The van der Waals surface area contributed by atoms with Gasteiger partial charge in [0.25, 0.3) is 5.91 Å². The maximum atomic E-state index is 13.0. The minimum Gasteiger partial charge on any atom is -0.357 e. The van der Waals surface area contributed by atoms with Crippen molar-refractivity contribution in [1.82, 2.24) is 14.8 Å². The predicted molar refractivity (Wildman–Crippen MR) is 101 cm³/mol. The fraction of sp³-hybridized carbons (Fsp3) is 0.632. The average molecular weight is 431 g/mol. The molecule has 0 saturated carbocycles. The van der Waals surface area contributed by atoms with Gasteiger partial charge in [0, 0.05) is 44.8 Å². The number of likely N-dealkylation sites (tertiary alicyclic amines) is 2. The van der Waals surface area contributed by atoms with Crippen LogP contribution in [0.2, 0.25) is 5.15 Å². The molecule has 4 heterocycles. The third kappa shape index (κ3) is 4.15. The topological polar surface area (TPSA) is 56.8 Å². The van der Waals surface area contributed by atoms with E-state index >= 15 is 0 Å². The second kappa shape index (κ2) is 7.66. The van der Waals surface area contributed by atoms with Gasteiger partial charge in [-0.05, 0) is 43.2 Å². The summed E-state index contributed by atoms with van der Waals surface area (Å²) in [6.45, 7) is 2.67. The van der Waals surface area contributed by atoms with Crippen LogP contribution >= 0.6 is 11.6 Å². The van der Waals surface area contributed by atoms with E-state index in [2.05, 4.69) is 9.88 Å². The first-order valence-electron chi connectivity index (χ1n) is 9.80. The van der Waals surface area contributed by atoms with Crippen molar-refractivity contribution in [2.24, 2.45) is 11.8 Å². The fourth-order valence-corrected chi connectivity index (χ4v) is 4.80. The zero-order chi connectivity index (χ0) is 20.8. The number of hydrogen-bond donors (Lipinski definition) is 0. The lowest BCUT2D eigenvalue weighted by atomic mass is 9.88. The largest absolute Gasteiger partial charge is 0.471 e. The number of piperidine rings is 1. The first-order chi connectivity index (χ1) is 13.7. The number of pyridine rings is 1. The third-order valence-corrected chi connectivity index (χ3v) is 6.27. The first-order valence-corrected chi connectivity index (χ1v) is 10.2. The van der Waals surface area contributed by atoms with Crippen molar-refractivity contribution in [3.8, 4) is 0 Å². The van der Waals surface area contributed by atoms with E-state index in [1.807, 2.05) is 0 Å². The highest BCUT2D eigenvalue weighted by Gasteiger charge is 2.48. The molecule has 3 aliphatic rings. The molecule has 10 heteroatoms. The maximum Gasteiger partial charge on any atom is 0.471 e. The minimum atomic E-state index is -4.86. The van der Waals surface area contributed by atoms with Gasteiger partial charge >= 0.3 is 12.1 Å². The van der Waals surface area contributed by atoms with E-state index in [1.54, 1.807) is 11.0 Å². The molecule has 2 unspecified atom stereocenters. The van der Waals surface area contributed by atoms with E-state index in [0.29, 0.717) is 30.9 Å². The van der Waals surface area contributed by atoms with E-state index in [9.17, 15) is 22.8 Å². The number of carbonyl (C=O) groups is 2. The summed E-state index contributed by atoms with van der Waals surface area (Å²) in [5.74, 6) is -1.47. The number of amides is 2. The molecule has 0 spiro atoms. The van der Waals surface area contributed by atoms with Crippen molar-refractivity contribution in [1.29, 1.82) is 0 Å². The van der Waals surface area contributed by atoms with Gasteiger partial charge < -0.3 is 14.7 Å². The molecule has 0 aliphatic carbocycles. The summed E-state index contributed by atoms with van der Waals surface area (Å²) in [5, 5.41) is 0.246. The molecular formula is C19H22ClF3N4O2. The number of aromatic nitrogens is 1. The Morgan fingerprint density at radius 1 is 1.00 bits per heavy atom. The summed E-state index contributed by atoms with van der Waals surface area (Å²) in [5.41, 5.74) is 0.437. The Kier molecular flexibility index (Phi) is 5.35. The van der Waals surface area contributed by atoms with Gasteiger partial charge in [-0.25, -0.2) is 4.98 Å². The second-order valence-corrected chi connectivity index (χ2v) is 8.39. The van der Waals surface area contributed by atoms with Crippen LogP contribution in [-0.2, 0) is 4.79 Å². The molecule has 0 bridgehead atoms. The molecular weight excluding hydrogens is 409 g/mol. The van der Waals surface area contributed by atoms with Gasteiger partial charge in [0.05, 0.1) is 0 Å². The Balaban J connectivity index is 1.45. The number of carbonyl (C=O) groups excluding carboxylic acids is 2. The van der Waals surface area contributed by atoms with E-state index in [0.717, 1.165) is 30.8 Å². The van der Waals surface area contributed by atoms with Crippen LogP contribution in [0.5, 0.6) is 0 Å². The average Bonchev–Trinajstić information content (AvgIpc) is 3.34. The van der Waals surface area contributed by atoms with E-state index < -0.39 is 12.1 Å². The van der Waals surface area contributed by atoms with Gasteiger partial charge in [-0.1, -0.05) is 11.6 Å². The smallest absolute Gasteiger partial charge is 0.357 e. The highest BCUT2D eigenvalue weighted by atomic mass is 35.5. The zero-order valence-corrected chi connectivity index (χ0v) is 16.5. The summed E-state index contributed by atoms with van der Waals surface area (Å²) in [4.78, 5) is 33.5. The molecule has 0 radical (unpaired) electrons. The predicted octanol–water partition coefficient (Wildman–Crippen LogP) is 2.82. The van der Waals surface area contributed by atoms with Crippen LogP contribution in [0.3, 0.4) is 0 Å². The Morgan fingerprint density at radius 3 is 2.34 bits per heavy atom. The molecule has 3 aliphatic heterocycles. The van der Waals surface area contributed by atoms with Crippen LogP contribution < -0.4 is 4.90 Å². The van der Waals surface area contributed by atoms with Crippen LogP contribution in [0, 0.1) is 11.8 Å². The van der Waals surface area contributed by atoms with Gasteiger partial charge in [-0.3, -0.25) is 9.59 Å². The number of rotatable bonds is 2. The van der Waals surface area contributed by atoms with Gasteiger partial charge in [-0.15, -0.1) is 0 Å².